The van der Waals surface area contributed by atoms with E-state index in [9.17, 15) is 0 Å². The number of nitrogens with zero attached hydrogens (tertiary/aromatic N) is 3. The first-order valence-corrected chi connectivity index (χ1v) is 5.90. The molecule has 4 nitrogen and oxygen atoms in total. The minimum absolute atomic E-state index is 0.478. The van der Waals surface area contributed by atoms with Crippen molar-refractivity contribution in [1.29, 1.82) is 0 Å². The SMILES string of the molecule is NCc1cc(CSc2ccncn2)ccn1. The normalized spacial score (nSPS) is 10.3. The van der Waals surface area contributed by atoms with E-state index in [1.54, 1.807) is 30.5 Å². The maximum Gasteiger partial charge on any atom is 0.116 e. The fraction of sp³-hybridized carbons (Fsp3) is 0.182. The van der Waals surface area contributed by atoms with E-state index in [0.717, 1.165) is 16.5 Å². The van der Waals surface area contributed by atoms with Crippen molar-refractivity contribution in [2.24, 2.45) is 5.73 Å². The van der Waals surface area contributed by atoms with Crippen LogP contribution in [-0.4, -0.2) is 15.0 Å². The van der Waals surface area contributed by atoms with Gasteiger partial charge < -0.3 is 5.73 Å². The van der Waals surface area contributed by atoms with Crippen molar-refractivity contribution in [2.45, 2.75) is 17.3 Å². The maximum absolute atomic E-state index is 5.54. The second-order valence-electron chi connectivity index (χ2n) is 3.20. The van der Waals surface area contributed by atoms with Crippen LogP contribution in [0.25, 0.3) is 0 Å². The molecule has 0 saturated carbocycles. The smallest absolute Gasteiger partial charge is 0.116 e. The molecule has 2 N–H and O–H groups in total. The molecule has 0 aliphatic carbocycles. The summed E-state index contributed by atoms with van der Waals surface area (Å²) < 4.78 is 0. The third-order valence-electron chi connectivity index (χ3n) is 2.03. The fourth-order valence-corrected chi connectivity index (χ4v) is 2.02. The molecule has 0 bridgehead atoms. The van der Waals surface area contributed by atoms with Crippen molar-refractivity contribution in [3.8, 4) is 0 Å². The molecule has 0 fully saturated rings. The topological polar surface area (TPSA) is 64.7 Å². The van der Waals surface area contributed by atoms with Crippen LogP contribution in [0.5, 0.6) is 0 Å². The second-order valence-corrected chi connectivity index (χ2v) is 4.19. The van der Waals surface area contributed by atoms with Gasteiger partial charge in [-0.1, -0.05) is 0 Å². The molecule has 2 aromatic rings. The van der Waals surface area contributed by atoms with Gasteiger partial charge in [0.2, 0.25) is 0 Å². The van der Waals surface area contributed by atoms with E-state index in [-0.39, 0.29) is 0 Å². The zero-order valence-electron chi connectivity index (χ0n) is 8.71. The van der Waals surface area contributed by atoms with Crippen LogP contribution in [-0.2, 0) is 12.3 Å². The Morgan fingerprint density at radius 3 is 2.88 bits per heavy atom. The molecule has 82 valence electrons. The van der Waals surface area contributed by atoms with Crippen LogP contribution in [0.2, 0.25) is 0 Å². The Labute approximate surface area is 98.3 Å². The molecule has 0 saturated heterocycles. The zero-order chi connectivity index (χ0) is 11.2. The molecule has 0 amide bonds. The van der Waals surface area contributed by atoms with Crippen molar-refractivity contribution in [1.82, 2.24) is 15.0 Å². The number of pyridine rings is 1. The minimum atomic E-state index is 0.478. The van der Waals surface area contributed by atoms with Gasteiger partial charge in [0.15, 0.2) is 0 Å². The number of thioether (sulfide) groups is 1. The van der Waals surface area contributed by atoms with E-state index < -0.39 is 0 Å². The molecular weight excluding hydrogens is 220 g/mol. The van der Waals surface area contributed by atoms with Gasteiger partial charge in [-0.2, -0.15) is 0 Å². The van der Waals surface area contributed by atoms with Crippen molar-refractivity contribution in [3.05, 3.63) is 48.2 Å². The van der Waals surface area contributed by atoms with Crippen LogP contribution in [0.15, 0.2) is 41.9 Å². The summed E-state index contributed by atoms with van der Waals surface area (Å²) >= 11 is 1.67. The highest BCUT2D eigenvalue weighted by Crippen LogP contribution is 2.19. The van der Waals surface area contributed by atoms with E-state index >= 15 is 0 Å². The summed E-state index contributed by atoms with van der Waals surface area (Å²) in [5.41, 5.74) is 7.66. The number of aromatic nitrogens is 3. The van der Waals surface area contributed by atoms with Crippen LogP contribution in [0, 0.1) is 0 Å². The van der Waals surface area contributed by atoms with Crippen LogP contribution in [0.4, 0.5) is 0 Å². The van der Waals surface area contributed by atoms with Gasteiger partial charge >= 0.3 is 0 Å². The lowest BCUT2D eigenvalue weighted by atomic mass is 10.2. The molecule has 0 aliphatic rings. The molecule has 0 atom stereocenters. The van der Waals surface area contributed by atoms with Crippen molar-refractivity contribution in [3.63, 3.8) is 0 Å². The van der Waals surface area contributed by atoms with E-state index in [1.807, 2.05) is 18.2 Å². The van der Waals surface area contributed by atoms with Crippen LogP contribution in [0.3, 0.4) is 0 Å². The van der Waals surface area contributed by atoms with Gasteiger partial charge in [0.05, 0.1) is 10.7 Å². The average molecular weight is 232 g/mol. The van der Waals surface area contributed by atoms with Crippen LogP contribution < -0.4 is 5.73 Å². The summed E-state index contributed by atoms with van der Waals surface area (Å²) in [6.45, 7) is 0.478. The molecule has 0 unspecified atom stereocenters. The third kappa shape index (κ3) is 3.01. The van der Waals surface area contributed by atoms with Gasteiger partial charge in [0.25, 0.3) is 0 Å². The van der Waals surface area contributed by atoms with Crippen molar-refractivity contribution < 1.29 is 0 Å². The Kier molecular flexibility index (Phi) is 3.85. The Morgan fingerprint density at radius 2 is 2.12 bits per heavy atom. The molecule has 0 aromatic carbocycles. The Balaban J connectivity index is 1.99. The maximum atomic E-state index is 5.54. The first-order chi connectivity index (χ1) is 7.88. The molecular formula is C11H12N4S. The summed E-state index contributed by atoms with van der Waals surface area (Å²) in [5.74, 6) is 0.868. The van der Waals surface area contributed by atoms with Crippen LogP contribution >= 0.6 is 11.8 Å². The highest BCUT2D eigenvalue weighted by atomic mass is 32.2. The molecule has 2 aromatic heterocycles. The predicted octanol–water partition coefficient (Wildman–Crippen LogP) is 1.62. The summed E-state index contributed by atoms with van der Waals surface area (Å²) in [6.07, 6.45) is 5.09. The number of hydrogen-bond donors (Lipinski definition) is 1. The monoisotopic (exact) mass is 232 g/mol. The molecule has 0 radical (unpaired) electrons. The van der Waals surface area contributed by atoms with Gasteiger partial charge in [-0.05, 0) is 23.8 Å². The molecule has 0 aliphatic heterocycles. The molecule has 2 heterocycles. The van der Waals surface area contributed by atoms with Gasteiger partial charge in [0, 0.05) is 24.7 Å². The van der Waals surface area contributed by atoms with E-state index in [4.69, 9.17) is 5.73 Å². The molecule has 16 heavy (non-hydrogen) atoms. The molecule has 0 spiro atoms. The number of hydrogen-bond acceptors (Lipinski definition) is 5. The highest BCUT2D eigenvalue weighted by Gasteiger charge is 1.98. The van der Waals surface area contributed by atoms with Gasteiger partial charge in [-0.15, -0.1) is 11.8 Å². The summed E-state index contributed by atoms with van der Waals surface area (Å²) in [6, 6.07) is 5.91. The second kappa shape index (κ2) is 5.58. The summed E-state index contributed by atoms with van der Waals surface area (Å²) in [7, 11) is 0. The van der Waals surface area contributed by atoms with Crippen LogP contribution in [0.1, 0.15) is 11.3 Å². The quantitative estimate of drug-likeness (QED) is 0.641. The number of nitrogens with two attached hydrogens (primary N) is 1. The first kappa shape index (κ1) is 11.0. The van der Waals surface area contributed by atoms with Gasteiger partial charge in [0.1, 0.15) is 6.33 Å². The standard InChI is InChI=1S/C11H12N4S/c12-6-10-5-9(1-4-14-10)7-16-11-2-3-13-8-15-11/h1-5,8H,6-7,12H2. The van der Waals surface area contributed by atoms with E-state index in [1.165, 1.54) is 5.56 Å². The molecule has 2 rings (SSSR count). The predicted molar refractivity (Wildman–Crippen MR) is 63.7 cm³/mol. The minimum Gasteiger partial charge on any atom is -0.325 e. The Morgan fingerprint density at radius 1 is 1.19 bits per heavy atom. The first-order valence-electron chi connectivity index (χ1n) is 4.91. The Hall–Kier alpha value is -1.46. The molecule has 5 heteroatoms. The van der Waals surface area contributed by atoms with E-state index in [0.29, 0.717) is 6.54 Å². The lowest BCUT2D eigenvalue weighted by Crippen LogP contribution is -1.99. The Bertz CT molecular complexity index is 447. The van der Waals surface area contributed by atoms with Crippen molar-refractivity contribution >= 4 is 11.8 Å². The van der Waals surface area contributed by atoms with Crippen molar-refractivity contribution in [2.75, 3.05) is 0 Å². The van der Waals surface area contributed by atoms with E-state index in [2.05, 4.69) is 15.0 Å². The van der Waals surface area contributed by atoms with Gasteiger partial charge in [-0.25, -0.2) is 9.97 Å². The average Bonchev–Trinajstić information content (AvgIpc) is 2.38. The lowest BCUT2D eigenvalue weighted by Gasteiger charge is -2.02. The van der Waals surface area contributed by atoms with Gasteiger partial charge in [-0.3, -0.25) is 4.98 Å². The number of rotatable bonds is 4. The third-order valence-corrected chi connectivity index (χ3v) is 3.05. The fourth-order valence-electron chi connectivity index (χ4n) is 1.25. The lowest BCUT2D eigenvalue weighted by molar-refractivity contribution is 0.982. The summed E-state index contributed by atoms with van der Waals surface area (Å²) in [5, 5.41) is 0.973. The zero-order valence-corrected chi connectivity index (χ0v) is 9.52. The largest absolute Gasteiger partial charge is 0.325 e. The highest BCUT2D eigenvalue weighted by molar-refractivity contribution is 7.98. The summed E-state index contributed by atoms with van der Waals surface area (Å²) in [4.78, 5) is 12.2.